The zero-order chi connectivity index (χ0) is 18.7. The van der Waals surface area contributed by atoms with Gasteiger partial charge >= 0.3 is 5.97 Å². The molecule has 0 aliphatic carbocycles. The van der Waals surface area contributed by atoms with Crippen molar-refractivity contribution in [1.29, 1.82) is 0 Å². The zero-order valence-electron chi connectivity index (χ0n) is 15.0. The molecule has 1 atom stereocenters. The van der Waals surface area contributed by atoms with Crippen LogP contribution < -0.4 is 0 Å². The van der Waals surface area contributed by atoms with Crippen molar-refractivity contribution in [3.63, 3.8) is 0 Å². The van der Waals surface area contributed by atoms with E-state index in [0.717, 1.165) is 30.8 Å². The van der Waals surface area contributed by atoms with Gasteiger partial charge in [0.25, 0.3) is 5.91 Å². The van der Waals surface area contributed by atoms with E-state index in [4.69, 9.17) is 4.42 Å². The highest BCUT2D eigenvalue weighted by atomic mass is 32.2. The van der Waals surface area contributed by atoms with Crippen LogP contribution in [0, 0.1) is 5.41 Å². The lowest BCUT2D eigenvalue weighted by Gasteiger charge is -2.23. The Morgan fingerprint density at radius 2 is 2.04 bits per heavy atom. The van der Waals surface area contributed by atoms with E-state index in [1.807, 2.05) is 29.2 Å². The predicted octanol–water partition coefficient (Wildman–Crippen LogP) is 4.53. The third kappa shape index (κ3) is 3.80. The van der Waals surface area contributed by atoms with Crippen molar-refractivity contribution in [2.24, 2.45) is 5.41 Å². The highest BCUT2D eigenvalue weighted by Gasteiger charge is 2.35. The maximum absolute atomic E-state index is 13.0. The molecule has 1 amide bonds. The number of likely N-dealkylation sites (tertiary alicyclic amines) is 1. The lowest BCUT2D eigenvalue weighted by molar-refractivity contribution is 0.0694. The van der Waals surface area contributed by atoms with E-state index >= 15 is 0 Å². The molecule has 0 spiro atoms. The summed E-state index contributed by atoms with van der Waals surface area (Å²) in [6.45, 7) is 5.96. The minimum absolute atomic E-state index is 0.0446. The number of hydrogen-bond donors (Lipinski definition) is 1. The SMILES string of the molecule is CCC1(C)CCN(C(=O)c2ccccc2SCc2occc2C(=O)O)C1. The summed E-state index contributed by atoms with van der Waals surface area (Å²) in [7, 11) is 0. The summed E-state index contributed by atoms with van der Waals surface area (Å²) in [5.74, 6) is -0.187. The number of carbonyl (C=O) groups excluding carboxylic acids is 1. The van der Waals surface area contributed by atoms with Crippen LogP contribution in [0.25, 0.3) is 0 Å². The summed E-state index contributed by atoms with van der Waals surface area (Å²) in [5, 5.41) is 9.18. The predicted molar refractivity (Wildman–Crippen MR) is 101 cm³/mol. The van der Waals surface area contributed by atoms with Crippen molar-refractivity contribution in [2.75, 3.05) is 13.1 Å². The minimum atomic E-state index is -1.00. The molecule has 1 N–H and O–H groups in total. The summed E-state index contributed by atoms with van der Waals surface area (Å²) >= 11 is 1.42. The van der Waals surface area contributed by atoms with Gasteiger partial charge in [0, 0.05) is 18.0 Å². The van der Waals surface area contributed by atoms with Gasteiger partial charge in [-0.15, -0.1) is 11.8 Å². The molecule has 0 bridgehead atoms. The Bertz CT molecular complexity index is 816. The smallest absolute Gasteiger partial charge is 0.339 e. The van der Waals surface area contributed by atoms with Gasteiger partial charge in [-0.05, 0) is 36.5 Å². The molecule has 1 aliphatic heterocycles. The Morgan fingerprint density at radius 3 is 2.73 bits per heavy atom. The molecule has 2 aromatic rings. The van der Waals surface area contributed by atoms with Crippen molar-refractivity contribution in [3.05, 3.63) is 53.5 Å². The fraction of sp³-hybridized carbons (Fsp3) is 0.400. The molecule has 5 nitrogen and oxygen atoms in total. The Hall–Kier alpha value is -2.21. The fourth-order valence-electron chi connectivity index (χ4n) is 3.21. The van der Waals surface area contributed by atoms with Crippen LogP contribution in [0.3, 0.4) is 0 Å². The van der Waals surface area contributed by atoms with Crippen LogP contribution in [0.1, 0.15) is 53.2 Å². The van der Waals surface area contributed by atoms with Gasteiger partial charge in [0.2, 0.25) is 0 Å². The number of carbonyl (C=O) groups is 2. The van der Waals surface area contributed by atoms with Gasteiger partial charge in [0.1, 0.15) is 11.3 Å². The summed E-state index contributed by atoms with van der Waals surface area (Å²) < 4.78 is 5.29. The molecule has 2 heterocycles. The molecule has 1 saturated heterocycles. The van der Waals surface area contributed by atoms with Crippen LogP contribution in [0.5, 0.6) is 0 Å². The standard InChI is InChI=1S/C20H23NO4S/c1-3-20(2)9-10-21(13-20)18(22)15-6-4-5-7-17(15)26-12-16-14(19(23)24)8-11-25-16/h4-8,11H,3,9-10,12-13H2,1-2H3,(H,23,24). The molecule has 3 rings (SSSR count). The highest BCUT2D eigenvalue weighted by Crippen LogP contribution is 2.35. The van der Waals surface area contributed by atoms with Gasteiger partial charge in [-0.3, -0.25) is 4.79 Å². The number of carboxylic acids is 1. The molecule has 1 aromatic carbocycles. The molecule has 1 unspecified atom stereocenters. The first kappa shape index (κ1) is 18.6. The van der Waals surface area contributed by atoms with E-state index < -0.39 is 5.97 Å². The van der Waals surface area contributed by atoms with E-state index in [2.05, 4.69) is 13.8 Å². The van der Waals surface area contributed by atoms with Crippen LogP contribution >= 0.6 is 11.8 Å². The summed E-state index contributed by atoms with van der Waals surface area (Å²) in [4.78, 5) is 27.0. The van der Waals surface area contributed by atoms with Crippen LogP contribution in [-0.4, -0.2) is 35.0 Å². The van der Waals surface area contributed by atoms with E-state index in [0.29, 0.717) is 17.1 Å². The van der Waals surface area contributed by atoms with Crippen molar-refractivity contribution in [3.8, 4) is 0 Å². The Morgan fingerprint density at radius 1 is 1.27 bits per heavy atom. The molecule has 1 aliphatic rings. The topological polar surface area (TPSA) is 70.8 Å². The summed E-state index contributed by atoms with van der Waals surface area (Å²) in [5.41, 5.74) is 1.03. The number of furan rings is 1. The van der Waals surface area contributed by atoms with Crippen LogP contribution in [0.15, 0.2) is 45.9 Å². The van der Waals surface area contributed by atoms with Crippen molar-refractivity contribution in [1.82, 2.24) is 4.90 Å². The number of hydrogen-bond acceptors (Lipinski definition) is 4. The van der Waals surface area contributed by atoms with Gasteiger partial charge in [0.05, 0.1) is 17.6 Å². The lowest BCUT2D eigenvalue weighted by Crippen LogP contribution is -2.31. The molecule has 1 aromatic heterocycles. The highest BCUT2D eigenvalue weighted by molar-refractivity contribution is 7.98. The Balaban J connectivity index is 1.75. The quantitative estimate of drug-likeness (QED) is 0.753. The first-order chi connectivity index (χ1) is 12.4. The lowest BCUT2D eigenvalue weighted by atomic mass is 9.87. The molecule has 0 saturated carbocycles. The largest absolute Gasteiger partial charge is 0.478 e. The minimum Gasteiger partial charge on any atom is -0.478 e. The average molecular weight is 373 g/mol. The van der Waals surface area contributed by atoms with Gasteiger partial charge < -0.3 is 14.4 Å². The molecular formula is C20H23NO4S. The third-order valence-electron chi connectivity index (χ3n) is 5.15. The molecule has 1 fully saturated rings. The van der Waals surface area contributed by atoms with Crippen molar-refractivity contribution in [2.45, 2.75) is 37.3 Å². The average Bonchev–Trinajstić information content (AvgIpc) is 3.27. The molecular weight excluding hydrogens is 350 g/mol. The number of benzene rings is 1. The molecule has 26 heavy (non-hydrogen) atoms. The van der Waals surface area contributed by atoms with Crippen molar-refractivity contribution < 1.29 is 19.1 Å². The van der Waals surface area contributed by atoms with Gasteiger partial charge in [-0.2, -0.15) is 0 Å². The number of aromatic carboxylic acids is 1. The third-order valence-corrected chi connectivity index (χ3v) is 6.22. The number of amides is 1. The zero-order valence-corrected chi connectivity index (χ0v) is 15.8. The second kappa shape index (κ2) is 7.58. The second-order valence-corrected chi connectivity index (χ2v) is 8.01. The van der Waals surface area contributed by atoms with E-state index in [1.54, 1.807) is 0 Å². The fourth-order valence-corrected chi connectivity index (χ4v) is 4.21. The Kier molecular flexibility index (Phi) is 5.41. The van der Waals surface area contributed by atoms with Crippen LogP contribution in [0.4, 0.5) is 0 Å². The molecule has 0 radical (unpaired) electrons. The number of carboxylic acid groups (broad SMARTS) is 1. The number of rotatable bonds is 6. The maximum Gasteiger partial charge on any atom is 0.339 e. The first-order valence-electron chi connectivity index (χ1n) is 8.74. The van der Waals surface area contributed by atoms with E-state index in [1.165, 1.54) is 24.1 Å². The Labute approximate surface area is 157 Å². The summed E-state index contributed by atoms with van der Waals surface area (Å²) in [6, 6.07) is 8.94. The van der Waals surface area contributed by atoms with Crippen LogP contribution in [0.2, 0.25) is 0 Å². The summed E-state index contributed by atoms with van der Waals surface area (Å²) in [6.07, 6.45) is 3.47. The first-order valence-corrected chi connectivity index (χ1v) is 9.73. The van der Waals surface area contributed by atoms with Gasteiger partial charge in [-0.1, -0.05) is 26.0 Å². The van der Waals surface area contributed by atoms with Crippen molar-refractivity contribution >= 4 is 23.6 Å². The van der Waals surface area contributed by atoms with E-state index in [9.17, 15) is 14.7 Å². The van der Waals surface area contributed by atoms with Crippen LogP contribution in [-0.2, 0) is 5.75 Å². The maximum atomic E-state index is 13.0. The second-order valence-electron chi connectivity index (χ2n) is 6.99. The normalized spacial score (nSPS) is 19.7. The number of thioether (sulfide) groups is 1. The monoisotopic (exact) mass is 373 g/mol. The number of nitrogens with zero attached hydrogens (tertiary/aromatic N) is 1. The van der Waals surface area contributed by atoms with Gasteiger partial charge in [0.15, 0.2) is 0 Å². The van der Waals surface area contributed by atoms with E-state index in [-0.39, 0.29) is 16.9 Å². The molecule has 138 valence electrons. The molecule has 6 heteroatoms. The van der Waals surface area contributed by atoms with Gasteiger partial charge in [-0.25, -0.2) is 4.79 Å².